The fourth-order valence-corrected chi connectivity index (χ4v) is 7.80. The summed E-state index contributed by atoms with van der Waals surface area (Å²) < 4.78 is 50.3. The maximum Gasteiger partial charge on any atom is 0.187 e. The van der Waals surface area contributed by atoms with Crippen LogP contribution in [0.1, 0.15) is 23.6 Å². The topological polar surface area (TPSA) is 114 Å². The second-order valence-electron chi connectivity index (χ2n) is 11.7. The molecule has 10 atom stereocenters. The molecular weight excluding hydrogens is 636 g/mol. The number of ether oxygens (including phenoxy) is 8. The lowest BCUT2D eigenvalue weighted by Crippen LogP contribution is -2.65. The SMILES string of the molecule is CCS[C@@H]1OC(COC(c2ccccc2)(c2ccccc2)c2ccccc2)[C@@H](O[C@H]2OC(CO)[C@@H](O)[C@H](OC)C2OC)[C@H](OC)C1OC. The summed E-state index contributed by atoms with van der Waals surface area (Å²) in [6.07, 6.45) is -7.37. The van der Waals surface area contributed by atoms with Crippen molar-refractivity contribution in [3.05, 3.63) is 108 Å². The van der Waals surface area contributed by atoms with Crippen molar-refractivity contribution >= 4 is 11.8 Å². The van der Waals surface area contributed by atoms with E-state index in [9.17, 15) is 10.2 Å². The fraction of sp³-hybridized carbons (Fsp3) is 0.514. The average Bonchev–Trinajstić information content (AvgIpc) is 3.14. The van der Waals surface area contributed by atoms with Crippen LogP contribution in [0.3, 0.4) is 0 Å². The zero-order chi connectivity index (χ0) is 34.1. The van der Waals surface area contributed by atoms with Crippen molar-refractivity contribution in [1.82, 2.24) is 0 Å². The average molecular weight is 685 g/mol. The summed E-state index contributed by atoms with van der Waals surface area (Å²) >= 11 is 1.61. The van der Waals surface area contributed by atoms with Crippen LogP contribution in [0.15, 0.2) is 91.0 Å². The molecule has 2 N–H and O–H groups in total. The summed E-state index contributed by atoms with van der Waals surface area (Å²) in [6, 6.07) is 30.4. The van der Waals surface area contributed by atoms with Gasteiger partial charge in [0.1, 0.15) is 59.9 Å². The van der Waals surface area contributed by atoms with E-state index < -0.39 is 67.3 Å². The number of hydrogen-bond acceptors (Lipinski definition) is 11. The normalized spacial score (nSPS) is 31.1. The predicted octanol–water partition coefficient (Wildman–Crippen LogP) is 4.00. The Morgan fingerprint density at radius 1 is 0.646 bits per heavy atom. The first-order valence-corrected chi connectivity index (χ1v) is 17.3. The van der Waals surface area contributed by atoms with Crippen molar-refractivity contribution in [2.24, 2.45) is 0 Å². The molecule has 0 spiro atoms. The van der Waals surface area contributed by atoms with Gasteiger partial charge < -0.3 is 48.1 Å². The fourth-order valence-electron chi connectivity index (χ4n) is 6.79. The Bertz CT molecular complexity index is 1260. The number of aliphatic hydroxyl groups excluding tert-OH is 2. The molecule has 2 aliphatic heterocycles. The molecule has 0 aliphatic carbocycles. The molecule has 2 fully saturated rings. The van der Waals surface area contributed by atoms with E-state index in [1.54, 1.807) is 26.0 Å². The number of benzene rings is 3. The molecule has 0 amide bonds. The first-order chi connectivity index (χ1) is 23.5. The second-order valence-corrected chi connectivity index (χ2v) is 13.1. The highest BCUT2D eigenvalue weighted by atomic mass is 32.2. The van der Waals surface area contributed by atoms with Gasteiger partial charge in [-0.3, -0.25) is 0 Å². The van der Waals surface area contributed by atoms with Crippen molar-refractivity contribution in [3.63, 3.8) is 0 Å². The monoisotopic (exact) mass is 684 g/mol. The zero-order valence-electron chi connectivity index (χ0n) is 28.1. The highest BCUT2D eigenvalue weighted by Crippen LogP contribution is 2.42. The van der Waals surface area contributed by atoms with Gasteiger partial charge in [-0.1, -0.05) is 97.9 Å². The van der Waals surface area contributed by atoms with Crippen LogP contribution < -0.4 is 0 Å². The predicted molar refractivity (Wildman–Crippen MR) is 182 cm³/mol. The Morgan fingerprint density at radius 2 is 1.15 bits per heavy atom. The van der Waals surface area contributed by atoms with Crippen LogP contribution >= 0.6 is 11.8 Å². The molecule has 10 nitrogen and oxygen atoms in total. The maximum absolute atomic E-state index is 10.8. The van der Waals surface area contributed by atoms with E-state index in [2.05, 4.69) is 43.3 Å². The minimum absolute atomic E-state index is 0.0878. The molecule has 3 aromatic rings. The van der Waals surface area contributed by atoms with Crippen LogP contribution in [0.2, 0.25) is 0 Å². The van der Waals surface area contributed by atoms with Gasteiger partial charge in [0.15, 0.2) is 6.29 Å². The molecule has 0 bridgehead atoms. The van der Waals surface area contributed by atoms with E-state index in [1.807, 2.05) is 54.6 Å². The number of hydrogen-bond donors (Lipinski definition) is 2. The Morgan fingerprint density at radius 3 is 1.58 bits per heavy atom. The summed E-state index contributed by atoms with van der Waals surface area (Å²) in [4.78, 5) is 0. The van der Waals surface area contributed by atoms with E-state index in [4.69, 9.17) is 37.9 Å². The molecule has 5 rings (SSSR count). The van der Waals surface area contributed by atoms with E-state index in [0.717, 1.165) is 22.4 Å². The van der Waals surface area contributed by atoms with Crippen LogP contribution in [0.4, 0.5) is 0 Å². The third kappa shape index (κ3) is 7.52. The summed E-state index contributed by atoms with van der Waals surface area (Å²) in [6.45, 7) is 1.71. The Hall–Kier alpha value is -2.39. The highest BCUT2D eigenvalue weighted by molar-refractivity contribution is 7.99. The maximum atomic E-state index is 10.8. The van der Waals surface area contributed by atoms with Crippen LogP contribution in [-0.4, -0.2) is 118 Å². The zero-order valence-corrected chi connectivity index (χ0v) is 28.9. The standard InChI is InChI=1S/C37H48O10S/c1-6-48-36-34(43-5)32(41-3)30(47-35-33(42-4)31(40-2)29(39)27(22-38)45-35)28(46-36)23-44-37(24-16-10-7-11-17-24,25-18-12-8-13-19-25)26-20-14-9-15-21-26/h7-21,27-36,38-39H,6,22-23H2,1-5H3/t27?,28?,29-,30-,31+,32+,33?,34?,35-,36+/m1/s1. The first-order valence-electron chi connectivity index (χ1n) is 16.3. The van der Waals surface area contributed by atoms with E-state index in [1.165, 1.54) is 14.2 Å². The van der Waals surface area contributed by atoms with Crippen molar-refractivity contribution in [2.45, 2.75) is 73.1 Å². The second kappa shape index (κ2) is 17.5. The summed E-state index contributed by atoms with van der Waals surface area (Å²) in [7, 11) is 6.20. The first kappa shape index (κ1) is 36.9. The summed E-state index contributed by atoms with van der Waals surface area (Å²) in [5.74, 6) is 0.783. The lowest BCUT2D eigenvalue weighted by molar-refractivity contribution is -0.346. The third-order valence-electron chi connectivity index (χ3n) is 9.11. The Kier molecular flexibility index (Phi) is 13.5. The Balaban J connectivity index is 1.57. The molecule has 0 radical (unpaired) electrons. The summed E-state index contributed by atoms with van der Waals surface area (Å²) in [5.41, 5.74) is 1.46. The van der Waals surface area contributed by atoms with Gasteiger partial charge in [0.25, 0.3) is 0 Å². The number of thioether (sulfide) groups is 1. The van der Waals surface area contributed by atoms with Crippen LogP contribution in [-0.2, 0) is 43.5 Å². The molecule has 11 heteroatoms. The van der Waals surface area contributed by atoms with Crippen molar-refractivity contribution in [2.75, 3.05) is 47.4 Å². The van der Waals surface area contributed by atoms with Gasteiger partial charge in [-0.25, -0.2) is 0 Å². The van der Waals surface area contributed by atoms with Gasteiger partial charge >= 0.3 is 0 Å². The largest absolute Gasteiger partial charge is 0.394 e. The van der Waals surface area contributed by atoms with Gasteiger partial charge in [-0.2, -0.15) is 0 Å². The van der Waals surface area contributed by atoms with E-state index >= 15 is 0 Å². The smallest absolute Gasteiger partial charge is 0.187 e. The number of aliphatic hydroxyl groups is 2. The van der Waals surface area contributed by atoms with Gasteiger partial charge in [-0.15, -0.1) is 11.8 Å². The molecule has 48 heavy (non-hydrogen) atoms. The molecule has 0 saturated carbocycles. The van der Waals surface area contributed by atoms with Gasteiger partial charge in [0.05, 0.1) is 13.2 Å². The Labute approximate surface area is 287 Å². The van der Waals surface area contributed by atoms with Crippen molar-refractivity contribution < 1.29 is 48.1 Å². The molecule has 2 saturated heterocycles. The van der Waals surface area contributed by atoms with Crippen LogP contribution in [0.5, 0.6) is 0 Å². The van der Waals surface area contributed by atoms with Gasteiger partial charge in [0, 0.05) is 28.4 Å². The molecule has 262 valence electrons. The molecule has 4 unspecified atom stereocenters. The van der Waals surface area contributed by atoms with Crippen molar-refractivity contribution in [1.29, 1.82) is 0 Å². The lowest BCUT2D eigenvalue weighted by atomic mass is 9.80. The lowest BCUT2D eigenvalue weighted by Gasteiger charge is -2.49. The minimum atomic E-state index is -1.13. The highest BCUT2D eigenvalue weighted by Gasteiger charge is 2.53. The molecule has 2 heterocycles. The number of methoxy groups -OCH3 is 4. The molecule has 2 aliphatic rings. The van der Waals surface area contributed by atoms with Gasteiger partial charge in [-0.05, 0) is 22.4 Å². The number of rotatable bonds is 15. The van der Waals surface area contributed by atoms with Crippen molar-refractivity contribution in [3.8, 4) is 0 Å². The third-order valence-corrected chi connectivity index (χ3v) is 10.1. The molecule has 3 aromatic carbocycles. The van der Waals surface area contributed by atoms with E-state index in [-0.39, 0.29) is 12.0 Å². The van der Waals surface area contributed by atoms with Crippen LogP contribution in [0, 0.1) is 0 Å². The molecule has 0 aromatic heterocycles. The minimum Gasteiger partial charge on any atom is -0.394 e. The quantitative estimate of drug-likeness (QED) is 0.227. The van der Waals surface area contributed by atoms with E-state index in [0.29, 0.717) is 0 Å². The summed E-state index contributed by atoms with van der Waals surface area (Å²) in [5, 5.41) is 20.9. The van der Waals surface area contributed by atoms with Gasteiger partial charge in [0.2, 0.25) is 0 Å². The van der Waals surface area contributed by atoms with Crippen LogP contribution in [0.25, 0.3) is 0 Å². The molecular formula is C37H48O10S.